The third-order valence-corrected chi connectivity index (χ3v) is 5.61. The largest absolute Gasteiger partial charge is 0.490 e. The van der Waals surface area contributed by atoms with Crippen LogP contribution in [0.3, 0.4) is 0 Å². The van der Waals surface area contributed by atoms with Gasteiger partial charge in [-0.15, -0.1) is 0 Å². The quantitative estimate of drug-likeness (QED) is 0.682. The second kappa shape index (κ2) is 8.69. The van der Waals surface area contributed by atoms with Crippen molar-refractivity contribution in [1.29, 1.82) is 0 Å². The molecule has 0 heterocycles. The fourth-order valence-corrected chi connectivity index (χ4v) is 3.82. The van der Waals surface area contributed by atoms with Crippen molar-refractivity contribution in [2.45, 2.75) is 31.7 Å². The Morgan fingerprint density at radius 3 is 2.20 bits per heavy atom. The number of ether oxygens (including phenoxy) is 2. The van der Waals surface area contributed by atoms with E-state index in [0.717, 1.165) is 10.0 Å². The lowest BCUT2D eigenvalue weighted by Gasteiger charge is -2.17. The molecular weight excluding hydrogens is 406 g/mol. The van der Waals surface area contributed by atoms with Crippen LogP contribution in [0.1, 0.15) is 32.4 Å². The van der Waals surface area contributed by atoms with Crippen molar-refractivity contribution < 1.29 is 17.9 Å². The molecule has 1 N–H and O–H groups in total. The summed E-state index contributed by atoms with van der Waals surface area (Å²) in [6.07, 6.45) is 0. The molecule has 136 valence electrons. The van der Waals surface area contributed by atoms with Crippen molar-refractivity contribution in [1.82, 2.24) is 4.72 Å². The van der Waals surface area contributed by atoms with Crippen LogP contribution in [-0.4, -0.2) is 21.6 Å². The van der Waals surface area contributed by atoms with Gasteiger partial charge in [0, 0.05) is 10.5 Å². The third kappa shape index (κ3) is 5.20. The third-order valence-electron chi connectivity index (χ3n) is 3.52. The van der Waals surface area contributed by atoms with E-state index in [4.69, 9.17) is 9.47 Å². The SMILES string of the molecule is CCOc1ccc(C(C)NS(=O)(=O)c2ccc(Br)cc2)cc1OCC. The fourth-order valence-electron chi connectivity index (χ4n) is 2.32. The first-order valence-corrected chi connectivity index (χ1v) is 10.3. The average molecular weight is 428 g/mol. The van der Waals surface area contributed by atoms with E-state index in [0.29, 0.717) is 24.7 Å². The van der Waals surface area contributed by atoms with Crippen molar-refractivity contribution in [2.24, 2.45) is 0 Å². The molecule has 0 aliphatic heterocycles. The Morgan fingerprint density at radius 2 is 1.60 bits per heavy atom. The van der Waals surface area contributed by atoms with E-state index in [1.165, 1.54) is 0 Å². The molecule has 5 nitrogen and oxygen atoms in total. The maximum Gasteiger partial charge on any atom is 0.241 e. The van der Waals surface area contributed by atoms with Crippen molar-refractivity contribution >= 4 is 26.0 Å². The van der Waals surface area contributed by atoms with Gasteiger partial charge in [-0.3, -0.25) is 0 Å². The lowest BCUT2D eigenvalue weighted by Crippen LogP contribution is -2.26. The number of rotatable bonds is 8. The number of benzene rings is 2. The number of hydrogen-bond donors (Lipinski definition) is 1. The summed E-state index contributed by atoms with van der Waals surface area (Å²) in [5.74, 6) is 1.26. The molecule has 0 fully saturated rings. The standard InChI is InChI=1S/C18H22BrNO4S/c1-4-23-17-11-6-14(12-18(17)24-5-2)13(3)20-25(21,22)16-9-7-15(19)8-10-16/h6-13,20H,4-5H2,1-3H3. The number of hydrogen-bond acceptors (Lipinski definition) is 4. The van der Waals surface area contributed by atoms with E-state index in [1.807, 2.05) is 26.0 Å². The highest BCUT2D eigenvalue weighted by atomic mass is 79.9. The first-order chi connectivity index (χ1) is 11.9. The lowest BCUT2D eigenvalue weighted by molar-refractivity contribution is 0.287. The molecule has 0 aliphatic carbocycles. The summed E-state index contributed by atoms with van der Waals surface area (Å²) < 4.78 is 39.7. The molecule has 1 unspecified atom stereocenters. The van der Waals surface area contributed by atoms with Crippen molar-refractivity contribution in [3.8, 4) is 11.5 Å². The highest BCUT2D eigenvalue weighted by Gasteiger charge is 2.19. The van der Waals surface area contributed by atoms with Crippen LogP contribution in [-0.2, 0) is 10.0 Å². The number of nitrogens with one attached hydrogen (secondary N) is 1. The first-order valence-electron chi connectivity index (χ1n) is 8.04. The van der Waals surface area contributed by atoms with Crippen molar-refractivity contribution in [3.05, 3.63) is 52.5 Å². The Bertz CT molecular complexity index is 806. The summed E-state index contributed by atoms with van der Waals surface area (Å²) in [5.41, 5.74) is 0.799. The van der Waals surface area contributed by atoms with E-state index < -0.39 is 16.1 Å². The predicted molar refractivity (Wildman–Crippen MR) is 102 cm³/mol. The minimum absolute atomic E-state index is 0.221. The lowest BCUT2D eigenvalue weighted by atomic mass is 10.1. The minimum Gasteiger partial charge on any atom is -0.490 e. The normalized spacial score (nSPS) is 12.6. The van der Waals surface area contributed by atoms with Crippen LogP contribution in [0.25, 0.3) is 0 Å². The molecule has 2 aromatic carbocycles. The topological polar surface area (TPSA) is 64.6 Å². The second-order valence-electron chi connectivity index (χ2n) is 5.37. The molecule has 0 saturated carbocycles. The molecular formula is C18H22BrNO4S. The number of halogens is 1. The Hall–Kier alpha value is -1.57. The molecule has 0 radical (unpaired) electrons. The highest BCUT2D eigenvalue weighted by molar-refractivity contribution is 9.10. The van der Waals surface area contributed by atoms with Crippen LogP contribution in [0.2, 0.25) is 0 Å². The van der Waals surface area contributed by atoms with Gasteiger partial charge in [-0.25, -0.2) is 13.1 Å². The fraction of sp³-hybridized carbons (Fsp3) is 0.333. The molecule has 0 bridgehead atoms. The maximum atomic E-state index is 12.5. The zero-order chi connectivity index (χ0) is 18.4. The minimum atomic E-state index is -3.61. The zero-order valence-electron chi connectivity index (χ0n) is 14.5. The van der Waals surface area contributed by atoms with Gasteiger partial charge >= 0.3 is 0 Å². The molecule has 7 heteroatoms. The van der Waals surface area contributed by atoms with Gasteiger partial charge in [-0.05, 0) is 62.7 Å². The van der Waals surface area contributed by atoms with Gasteiger partial charge in [-0.2, -0.15) is 0 Å². The predicted octanol–water partition coefficient (Wildman–Crippen LogP) is 4.29. The summed E-state index contributed by atoms with van der Waals surface area (Å²) in [4.78, 5) is 0.221. The first kappa shape index (κ1) is 19.8. The summed E-state index contributed by atoms with van der Waals surface area (Å²) in [7, 11) is -3.61. The Kier molecular flexibility index (Phi) is 6.87. The van der Waals surface area contributed by atoms with Crippen LogP contribution in [0, 0.1) is 0 Å². The highest BCUT2D eigenvalue weighted by Crippen LogP contribution is 2.31. The van der Waals surface area contributed by atoms with Crippen LogP contribution in [0.4, 0.5) is 0 Å². The van der Waals surface area contributed by atoms with Gasteiger partial charge in [0.2, 0.25) is 10.0 Å². The van der Waals surface area contributed by atoms with E-state index >= 15 is 0 Å². The van der Waals surface area contributed by atoms with Crippen molar-refractivity contribution in [3.63, 3.8) is 0 Å². The van der Waals surface area contributed by atoms with Gasteiger partial charge in [0.25, 0.3) is 0 Å². The molecule has 0 aromatic heterocycles. The maximum absolute atomic E-state index is 12.5. The van der Waals surface area contributed by atoms with Gasteiger partial charge in [-0.1, -0.05) is 22.0 Å². The van der Waals surface area contributed by atoms with Gasteiger partial charge < -0.3 is 9.47 Å². The van der Waals surface area contributed by atoms with Crippen LogP contribution >= 0.6 is 15.9 Å². The van der Waals surface area contributed by atoms with E-state index in [9.17, 15) is 8.42 Å². The Balaban J connectivity index is 2.23. The van der Waals surface area contributed by atoms with Crippen LogP contribution in [0.15, 0.2) is 51.8 Å². The van der Waals surface area contributed by atoms with Crippen molar-refractivity contribution in [2.75, 3.05) is 13.2 Å². The average Bonchev–Trinajstić information content (AvgIpc) is 2.57. The van der Waals surface area contributed by atoms with Crippen LogP contribution < -0.4 is 14.2 Å². The van der Waals surface area contributed by atoms with E-state index in [2.05, 4.69) is 20.7 Å². The molecule has 25 heavy (non-hydrogen) atoms. The van der Waals surface area contributed by atoms with Gasteiger partial charge in [0.15, 0.2) is 11.5 Å². The summed E-state index contributed by atoms with van der Waals surface area (Å²) in [5, 5.41) is 0. The zero-order valence-corrected chi connectivity index (χ0v) is 16.9. The molecule has 0 amide bonds. The van der Waals surface area contributed by atoms with Crippen LogP contribution in [0.5, 0.6) is 11.5 Å². The van der Waals surface area contributed by atoms with E-state index in [-0.39, 0.29) is 4.90 Å². The molecule has 2 rings (SSSR count). The monoisotopic (exact) mass is 427 g/mol. The molecule has 0 aliphatic rings. The number of sulfonamides is 1. The molecule has 0 saturated heterocycles. The van der Waals surface area contributed by atoms with E-state index in [1.54, 1.807) is 37.3 Å². The summed E-state index contributed by atoms with van der Waals surface area (Å²) >= 11 is 3.30. The van der Waals surface area contributed by atoms with Gasteiger partial charge in [0.05, 0.1) is 18.1 Å². The summed E-state index contributed by atoms with van der Waals surface area (Å²) in [6, 6.07) is 11.5. The second-order valence-corrected chi connectivity index (χ2v) is 8.00. The smallest absolute Gasteiger partial charge is 0.241 e. The molecule has 0 spiro atoms. The Labute approximate surface area is 157 Å². The molecule has 1 atom stereocenters. The summed E-state index contributed by atoms with van der Waals surface area (Å²) in [6.45, 7) is 6.62. The molecule has 2 aromatic rings. The Morgan fingerprint density at radius 1 is 1.00 bits per heavy atom. The van der Waals surface area contributed by atoms with Gasteiger partial charge in [0.1, 0.15) is 0 Å².